The van der Waals surface area contributed by atoms with Crippen LogP contribution >= 0.6 is 46.4 Å². The van der Waals surface area contributed by atoms with Gasteiger partial charge in [-0.3, -0.25) is 4.79 Å². The van der Waals surface area contributed by atoms with Gasteiger partial charge in [0.2, 0.25) is 0 Å². The summed E-state index contributed by atoms with van der Waals surface area (Å²) in [6, 6.07) is 8.01. The number of rotatable bonds is 14. The van der Waals surface area contributed by atoms with Crippen LogP contribution in [0, 0.1) is 0 Å². The van der Waals surface area contributed by atoms with Crippen LogP contribution in [0.1, 0.15) is 77.6 Å². The van der Waals surface area contributed by atoms with Gasteiger partial charge in [0.05, 0.1) is 20.1 Å². The molecule has 2 aromatic rings. The fraction of sp³-hybridized carbons (Fsp3) is 0.480. The van der Waals surface area contributed by atoms with Crippen molar-refractivity contribution >= 4 is 63.7 Å². The lowest BCUT2D eigenvalue weighted by Crippen LogP contribution is -2.07. The molecule has 0 aliphatic rings. The molecule has 2 aromatic carbocycles. The molecule has 8 heteroatoms. The van der Waals surface area contributed by atoms with E-state index in [-0.39, 0.29) is 27.5 Å². The van der Waals surface area contributed by atoms with Crippen molar-refractivity contribution in [1.29, 1.82) is 0 Å². The van der Waals surface area contributed by atoms with Gasteiger partial charge in [-0.05, 0) is 18.6 Å². The van der Waals surface area contributed by atoms with Crippen LogP contribution in [-0.4, -0.2) is 5.97 Å². The molecule has 0 heterocycles. The number of azo groups is 1. The van der Waals surface area contributed by atoms with Crippen LogP contribution in [0.4, 0.5) is 11.4 Å². The van der Waals surface area contributed by atoms with Gasteiger partial charge in [0.15, 0.2) is 0 Å². The van der Waals surface area contributed by atoms with E-state index >= 15 is 0 Å². The van der Waals surface area contributed by atoms with E-state index in [1.807, 2.05) is 0 Å². The maximum absolute atomic E-state index is 12.2. The van der Waals surface area contributed by atoms with Crippen molar-refractivity contribution in [3.63, 3.8) is 0 Å². The van der Waals surface area contributed by atoms with Gasteiger partial charge in [0, 0.05) is 18.6 Å². The quantitative estimate of drug-likeness (QED) is 0.105. The van der Waals surface area contributed by atoms with Crippen LogP contribution in [0.5, 0.6) is 5.75 Å². The maximum atomic E-state index is 12.2. The normalized spacial score (nSPS) is 11.3. The van der Waals surface area contributed by atoms with Crippen molar-refractivity contribution in [1.82, 2.24) is 0 Å². The second kappa shape index (κ2) is 15.5. The average molecular weight is 532 g/mol. The van der Waals surface area contributed by atoms with Gasteiger partial charge in [0.25, 0.3) is 0 Å². The molecule has 0 unspecified atom stereocenters. The summed E-state index contributed by atoms with van der Waals surface area (Å²) in [5, 5.41) is 9.26. The molecule has 0 aromatic heterocycles. The van der Waals surface area contributed by atoms with Crippen LogP contribution in [-0.2, 0) is 4.79 Å². The zero-order valence-corrected chi connectivity index (χ0v) is 21.9. The lowest BCUT2D eigenvalue weighted by atomic mass is 10.1. The number of esters is 1. The molecule has 0 atom stereocenters. The summed E-state index contributed by atoms with van der Waals surface area (Å²) in [6.07, 6.45) is 12.4. The minimum atomic E-state index is -0.307. The highest BCUT2D eigenvalue weighted by molar-refractivity contribution is 6.39. The largest absolute Gasteiger partial charge is 0.426 e. The Morgan fingerprint density at radius 2 is 1.18 bits per heavy atom. The molecule has 2 rings (SSSR count). The summed E-state index contributed by atoms with van der Waals surface area (Å²) in [7, 11) is 0. The Bertz CT molecular complexity index is 891. The van der Waals surface area contributed by atoms with Crippen molar-refractivity contribution in [3.05, 3.63) is 50.4 Å². The lowest BCUT2D eigenvalue weighted by molar-refractivity contribution is -0.134. The van der Waals surface area contributed by atoms with Crippen LogP contribution in [0.2, 0.25) is 20.1 Å². The Morgan fingerprint density at radius 3 is 1.70 bits per heavy atom. The van der Waals surface area contributed by atoms with Crippen LogP contribution in [0.3, 0.4) is 0 Å². The molecule has 33 heavy (non-hydrogen) atoms. The fourth-order valence-corrected chi connectivity index (χ4v) is 4.34. The van der Waals surface area contributed by atoms with Gasteiger partial charge in [-0.15, -0.1) is 10.2 Å². The summed E-state index contributed by atoms with van der Waals surface area (Å²) in [4.78, 5) is 12.2. The lowest BCUT2D eigenvalue weighted by Gasteiger charge is -2.08. The highest BCUT2D eigenvalue weighted by Crippen LogP contribution is 2.40. The number of halogens is 4. The molecular formula is C25H30Cl4N2O2. The fourth-order valence-electron chi connectivity index (χ4n) is 3.32. The first-order chi connectivity index (χ1) is 15.9. The monoisotopic (exact) mass is 530 g/mol. The second-order valence-electron chi connectivity index (χ2n) is 7.91. The predicted molar refractivity (Wildman–Crippen MR) is 139 cm³/mol. The number of unbranched alkanes of at least 4 members (excludes halogenated alkanes) is 9. The smallest absolute Gasteiger partial charge is 0.311 e. The number of carbonyl (C=O) groups is 1. The van der Waals surface area contributed by atoms with E-state index in [9.17, 15) is 4.79 Å². The molecule has 0 saturated carbocycles. The first kappa shape index (κ1) is 27.9. The summed E-state index contributed by atoms with van der Waals surface area (Å²) < 4.78 is 5.39. The molecular weight excluding hydrogens is 502 g/mol. The van der Waals surface area contributed by atoms with Crippen LogP contribution in [0.15, 0.2) is 40.6 Å². The molecule has 0 fully saturated rings. The number of nitrogens with zero attached hydrogens (tertiary/aromatic N) is 2. The van der Waals surface area contributed by atoms with Crippen molar-refractivity contribution in [2.75, 3.05) is 0 Å². The summed E-state index contributed by atoms with van der Waals surface area (Å²) in [6.45, 7) is 2.23. The van der Waals surface area contributed by atoms with Gasteiger partial charge in [0.1, 0.15) is 17.1 Å². The molecule has 4 nitrogen and oxygen atoms in total. The minimum Gasteiger partial charge on any atom is -0.426 e. The van der Waals surface area contributed by atoms with Crippen molar-refractivity contribution in [2.24, 2.45) is 10.2 Å². The van der Waals surface area contributed by atoms with Gasteiger partial charge in [-0.1, -0.05) is 117 Å². The number of hydrogen-bond donors (Lipinski definition) is 0. The predicted octanol–water partition coefficient (Wildman–Crippen LogP) is 10.9. The number of carbonyl (C=O) groups excluding carboxylic acids is 1. The van der Waals surface area contributed by atoms with Crippen molar-refractivity contribution in [3.8, 4) is 5.75 Å². The Labute approximate surface area is 216 Å². The molecule has 0 saturated heterocycles. The second-order valence-corrected chi connectivity index (χ2v) is 9.54. The number of benzene rings is 2. The first-order valence-corrected chi connectivity index (χ1v) is 13.0. The highest BCUT2D eigenvalue weighted by Gasteiger charge is 2.13. The highest BCUT2D eigenvalue weighted by atomic mass is 35.5. The molecule has 0 aliphatic carbocycles. The first-order valence-electron chi connectivity index (χ1n) is 11.5. The molecule has 0 amide bonds. The van der Waals surface area contributed by atoms with Crippen molar-refractivity contribution in [2.45, 2.75) is 77.6 Å². The third-order valence-corrected chi connectivity index (χ3v) is 6.33. The molecule has 0 spiro atoms. The molecule has 0 bridgehead atoms. The molecule has 180 valence electrons. The Hall–Kier alpha value is -1.33. The SMILES string of the molecule is CCCCCCCCCCCCC(=O)Oc1cc(Cl)c(N=Nc2c(Cl)cccc2Cl)c(Cl)c1. The molecule has 0 radical (unpaired) electrons. The van der Waals surface area contributed by atoms with E-state index in [1.165, 1.54) is 57.1 Å². The van der Waals surface area contributed by atoms with Gasteiger partial charge in [-0.25, -0.2) is 0 Å². The minimum absolute atomic E-state index is 0.205. The number of ether oxygens (including phenoxy) is 1. The van der Waals surface area contributed by atoms with E-state index in [1.54, 1.807) is 18.2 Å². The Balaban J connectivity index is 1.78. The summed E-state index contributed by atoms with van der Waals surface area (Å²) in [5.41, 5.74) is 0.559. The molecule has 0 aliphatic heterocycles. The van der Waals surface area contributed by atoms with E-state index < -0.39 is 0 Å². The third-order valence-electron chi connectivity index (χ3n) is 5.14. The number of hydrogen-bond acceptors (Lipinski definition) is 4. The van der Waals surface area contributed by atoms with Gasteiger partial charge in [-0.2, -0.15) is 0 Å². The van der Waals surface area contributed by atoms with Gasteiger partial charge < -0.3 is 4.74 Å². The zero-order valence-electron chi connectivity index (χ0n) is 18.9. The van der Waals surface area contributed by atoms with Crippen LogP contribution in [0.25, 0.3) is 0 Å². The Morgan fingerprint density at radius 1 is 0.727 bits per heavy atom. The van der Waals surface area contributed by atoms with Crippen molar-refractivity contribution < 1.29 is 9.53 Å². The average Bonchev–Trinajstić information content (AvgIpc) is 2.76. The Kier molecular flexibility index (Phi) is 13.2. The van der Waals surface area contributed by atoms with E-state index in [0.29, 0.717) is 22.2 Å². The summed E-state index contributed by atoms with van der Waals surface area (Å²) >= 11 is 24.8. The van der Waals surface area contributed by atoms with E-state index in [2.05, 4.69) is 17.2 Å². The maximum Gasteiger partial charge on any atom is 0.311 e. The zero-order chi connectivity index (χ0) is 24.1. The van der Waals surface area contributed by atoms with E-state index in [0.717, 1.165) is 19.3 Å². The van der Waals surface area contributed by atoms with Gasteiger partial charge >= 0.3 is 5.97 Å². The standard InChI is InChI=1S/C25H30Cl4N2O2/c1-2-3-4-5-6-7-8-9-10-11-15-23(32)33-18-16-21(28)25(22(29)17-18)31-30-24-19(26)13-12-14-20(24)27/h12-14,16-17H,2-11,15H2,1H3. The topological polar surface area (TPSA) is 51.0 Å². The molecule has 0 N–H and O–H groups in total. The summed E-state index contributed by atoms with van der Waals surface area (Å²) in [5.74, 6) is -0.0317. The van der Waals surface area contributed by atoms with Crippen LogP contribution < -0.4 is 4.74 Å². The third kappa shape index (κ3) is 10.2. The van der Waals surface area contributed by atoms with E-state index in [4.69, 9.17) is 51.1 Å².